The van der Waals surface area contributed by atoms with Gasteiger partial charge in [-0.25, -0.2) is 23.4 Å². The summed E-state index contributed by atoms with van der Waals surface area (Å²) in [6.07, 6.45) is 0.569. The average Bonchev–Trinajstić information content (AvgIpc) is 2.86. The third kappa shape index (κ3) is 5.61. The first kappa shape index (κ1) is 26.6. The van der Waals surface area contributed by atoms with Crippen molar-refractivity contribution in [2.45, 2.75) is 58.4 Å². The second-order valence-electron chi connectivity index (χ2n) is 9.86. The Bertz CT molecular complexity index is 1430. The number of aromatic nitrogens is 3. The van der Waals surface area contributed by atoms with Gasteiger partial charge < -0.3 is 5.32 Å². The van der Waals surface area contributed by atoms with Crippen LogP contribution in [0.1, 0.15) is 76.0 Å². The summed E-state index contributed by atoms with van der Waals surface area (Å²) in [4.78, 5) is 40.3. The maximum Gasteiger partial charge on any atom is 0.270 e. The van der Waals surface area contributed by atoms with Crippen LogP contribution in [0, 0.1) is 25.7 Å². The molecule has 0 bridgehead atoms. The Morgan fingerprint density at radius 3 is 2.38 bits per heavy atom. The summed E-state index contributed by atoms with van der Waals surface area (Å²) in [6, 6.07) is 11.6. The van der Waals surface area contributed by atoms with Gasteiger partial charge in [0.1, 0.15) is 11.5 Å². The number of nitrogens with one attached hydrogen (secondary N) is 1. The van der Waals surface area contributed by atoms with Gasteiger partial charge in [0.2, 0.25) is 0 Å². The van der Waals surface area contributed by atoms with Gasteiger partial charge in [-0.3, -0.25) is 9.59 Å². The van der Waals surface area contributed by atoms with Gasteiger partial charge >= 0.3 is 0 Å². The van der Waals surface area contributed by atoms with E-state index in [1.165, 1.54) is 0 Å². The number of aryl methyl sites for hydroxylation is 2. The van der Waals surface area contributed by atoms with Gasteiger partial charge in [-0.2, -0.15) is 0 Å². The lowest BCUT2D eigenvalue weighted by atomic mass is 9.70. The fraction of sp³-hybridized carbons (Fsp3) is 0.393. The van der Waals surface area contributed by atoms with E-state index in [2.05, 4.69) is 34.1 Å². The van der Waals surface area contributed by atoms with Crippen molar-refractivity contribution in [1.82, 2.24) is 20.3 Å². The number of sulfone groups is 1. The van der Waals surface area contributed by atoms with Crippen LogP contribution in [-0.4, -0.2) is 40.8 Å². The number of ketones is 1. The van der Waals surface area contributed by atoms with Crippen LogP contribution in [0.4, 0.5) is 0 Å². The summed E-state index contributed by atoms with van der Waals surface area (Å²) in [5.74, 6) is 0.113. The Hall–Kier alpha value is -3.46. The highest BCUT2D eigenvalue weighted by Gasteiger charge is 2.40. The van der Waals surface area contributed by atoms with Crippen molar-refractivity contribution in [3.8, 4) is 0 Å². The molecule has 0 saturated carbocycles. The molecular weight excluding hydrogens is 488 g/mol. The largest absolute Gasteiger partial charge is 0.347 e. The van der Waals surface area contributed by atoms with E-state index in [4.69, 9.17) is 0 Å². The van der Waals surface area contributed by atoms with Gasteiger partial charge in [-0.05, 0) is 68.0 Å². The van der Waals surface area contributed by atoms with Gasteiger partial charge in [0.05, 0.1) is 28.0 Å². The van der Waals surface area contributed by atoms with Crippen LogP contribution >= 0.6 is 0 Å². The summed E-state index contributed by atoms with van der Waals surface area (Å²) >= 11 is 0. The Morgan fingerprint density at radius 2 is 1.76 bits per heavy atom. The highest BCUT2D eigenvalue weighted by molar-refractivity contribution is 7.91. The van der Waals surface area contributed by atoms with E-state index < -0.39 is 9.84 Å². The Balaban J connectivity index is 1.54. The van der Waals surface area contributed by atoms with E-state index in [1.54, 1.807) is 43.3 Å². The average molecular weight is 521 g/mol. The smallest absolute Gasteiger partial charge is 0.270 e. The van der Waals surface area contributed by atoms with Crippen LogP contribution in [0.2, 0.25) is 0 Å². The number of carbonyl (C=O) groups excluding carboxylic acids is 2. The lowest BCUT2D eigenvalue weighted by molar-refractivity contribution is 0.0881. The predicted octanol–water partition coefficient (Wildman–Crippen LogP) is 4.01. The molecule has 0 radical (unpaired) electrons. The number of rotatable bonds is 7. The molecule has 1 amide bonds. The van der Waals surface area contributed by atoms with Crippen molar-refractivity contribution >= 4 is 21.5 Å². The van der Waals surface area contributed by atoms with E-state index in [0.717, 1.165) is 17.0 Å². The fourth-order valence-electron chi connectivity index (χ4n) is 4.84. The number of pyridine rings is 1. The highest BCUT2D eigenvalue weighted by Crippen LogP contribution is 2.40. The Morgan fingerprint density at radius 1 is 1.05 bits per heavy atom. The molecule has 8 nitrogen and oxygen atoms in total. The zero-order chi connectivity index (χ0) is 26.9. The maximum absolute atomic E-state index is 13.6. The third-order valence-corrected chi connectivity index (χ3v) is 8.64. The number of hydrogen-bond donors (Lipinski definition) is 1. The van der Waals surface area contributed by atoms with Crippen LogP contribution < -0.4 is 5.32 Å². The van der Waals surface area contributed by atoms with Crippen molar-refractivity contribution in [1.29, 1.82) is 0 Å². The maximum atomic E-state index is 13.6. The molecule has 4 rings (SSSR count). The normalized spacial score (nSPS) is 17.5. The quantitative estimate of drug-likeness (QED) is 0.500. The molecule has 2 atom stereocenters. The molecular formula is C28H32N4O4S. The number of amides is 1. The first-order chi connectivity index (χ1) is 17.5. The Kier molecular flexibility index (Phi) is 7.54. The minimum absolute atomic E-state index is 0.00238. The number of carbonyl (C=O) groups is 2. The van der Waals surface area contributed by atoms with Crippen molar-refractivity contribution in [2.24, 2.45) is 11.8 Å². The molecule has 0 spiro atoms. The van der Waals surface area contributed by atoms with Crippen LogP contribution in [0.3, 0.4) is 0 Å². The summed E-state index contributed by atoms with van der Waals surface area (Å²) in [5.41, 5.74) is 3.74. The van der Waals surface area contributed by atoms with Gasteiger partial charge in [-0.15, -0.1) is 0 Å². The molecule has 2 aromatic heterocycles. The zero-order valence-electron chi connectivity index (χ0n) is 21.8. The molecule has 0 aliphatic heterocycles. The van der Waals surface area contributed by atoms with Crippen LogP contribution in [0.25, 0.3) is 0 Å². The molecule has 194 valence electrons. The summed E-state index contributed by atoms with van der Waals surface area (Å²) in [6.45, 7) is 9.73. The molecule has 1 aliphatic rings. The number of benzene rings is 1. The molecule has 3 aromatic rings. The minimum Gasteiger partial charge on any atom is -0.347 e. The van der Waals surface area contributed by atoms with Crippen molar-refractivity contribution in [3.63, 3.8) is 0 Å². The molecule has 0 fully saturated rings. The highest BCUT2D eigenvalue weighted by atomic mass is 32.2. The van der Waals surface area contributed by atoms with Crippen molar-refractivity contribution in [3.05, 3.63) is 82.2 Å². The molecule has 9 heteroatoms. The first-order valence-corrected chi connectivity index (χ1v) is 14.1. The summed E-state index contributed by atoms with van der Waals surface area (Å²) in [7, 11) is -3.27. The predicted molar refractivity (Wildman–Crippen MR) is 140 cm³/mol. The van der Waals surface area contributed by atoms with E-state index >= 15 is 0 Å². The molecule has 1 aromatic carbocycles. The number of hydrogen-bond acceptors (Lipinski definition) is 7. The van der Waals surface area contributed by atoms with E-state index in [0.29, 0.717) is 23.5 Å². The lowest BCUT2D eigenvalue weighted by Crippen LogP contribution is -2.35. The van der Waals surface area contributed by atoms with Crippen molar-refractivity contribution in [2.75, 3.05) is 5.75 Å². The topological polar surface area (TPSA) is 119 Å². The molecule has 2 unspecified atom stereocenters. The van der Waals surface area contributed by atoms with E-state index in [1.807, 2.05) is 19.9 Å². The van der Waals surface area contributed by atoms with Gasteiger partial charge in [-0.1, -0.05) is 32.9 Å². The summed E-state index contributed by atoms with van der Waals surface area (Å²) < 4.78 is 24.0. The van der Waals surface area contributed by atoms with Gasteiger partial charge in [0.15, 0.2) is 15.6 Å². The second kappa shape index (κ2) is 10.5. The molecule has 1 aliphatic carbocycles. The third-order valence-electron chi connectivity index (χ3n) is 6.89. The van der Waals surface area contributed by atoms with Crippen molar-refractivity contribution < 1.29 is 18.0 Å². The number of Topliss-reactive ketones (excluding diaryl/α,β-unsaturated/α-hetero) is 1. The molecule has 2 heterocycles. The van der Waals surface area contributed by atoms with Crippen LogP contribution in [0.15, 0.2) is 47.4 Å². The van der Waals surface area contributed by atoms with Gasteiger partial charge in [0.25, 0.3) is 5.91 Å². The lowest BCUT2D eigenvalue weighted by Gasteiger charge is -2.34. The van der Waals surface area contributed by atoms with Gasteiger partial charge in [0, 0.05) is 17.8 Å². The minimum atomic E-state index is -3.27. The monoisotopic (exact) mass is 520 g/mol. The van der Waals surface area contributed by atoms with Crippen LogP contribution in [-0.2, 0) is 22.8 Å². The van der Waals surface area contributed by atoms with E-state index in [-0.39, 0.29) is 52.3 Å². The first-order valence-electron chi connectivity index (χ1n) is 12.5. The second-order valence-corrected chi connectivity index (χ2v) is 12.1. The zero-order valence-corrected chi connectivity index (χ0v) is 22.6. The molecule has 1 N–H and O–H groups in total. The van der Waals surface area contributed by atoms with Crippen LogP contribution in [0.5, 0.6) is 0 Å². The number of nitrogens with zero attached hydrogens (tertiary/aromatic N) is 3. The Labute approximate surface area is 217 Å². The van der Waals surface area contributed by atoms with E-state index in [9.17, 15) is 18.0 Å². The fourth-order valence-corrected chi connectivity index (χ4v) is 5.73. The molecule has 0 saturated heterocycles. The number of fused-ring (bicyclic) bond motifs is 1. The SMILES string of the molecule is CCS(=O)(=O)c1ccc(CNC(=O)c2ccc3c(n2)CC(C(C)C)C(c2cc(C)nc(C)n2)C3=O)cc1. The standard InChI is InChI=1S/C28H32N4O4S/c1-6-37(35,36)20-9-7-19(8-10-20)15-29-28(34)23-12-11-21-24(32-23)14-22(16(2)3)26(27(21)33)25-13-17(4)30-18(5)31-25/h7-13,16,22,26H,6,14-15H2,1-5H3,(H,29,34). The molecule has 37 heavy (non-hydrogen) atoms. The summed E-state index contributed by atoms with van der Waals surface area (Å²) in [5, 5.41) is 2.83.